The Bertz CT molecular complexity index is 992. The van der Waals surface area contributed by atoms with Crippen LogP contribution < -0.4 is 5.32 Å². The fraction of sp³-hybridized carbons (Fsp3) is 0.600. The Labute approximate surface area is 192 Å². The second-order valence-corrected chi connectivity index (χ2v) is 10.1. The van der Waals surface area contributed by atoms with E-state index in [1.807, 2.05) is 32.0 Å². The molecule has 3 aliphatic rings. The van der Waals surface area contributed by atoms with Crippen molar-refractivity contribution in [2.75, 3.05) is 38.2 Å². The summed E-state index contributed by atoms with van der Waals surface area (Å²) >= 11 is 0. The second-order valence-electron chi connectivity index (χ2n) is 10.1. The number of halogens is 3. The van der Waals surface area contributed by atoms with Gasteiger partial charge < -0.3 is 15.0 Å². The summed E-state index contributed by atoms with van der Waals surface area (Å²) < 4.78 is 47.3. The molecular weight excluding hydrogens is 429 g/mol. The van der Waals surface area contributed by atoms with Gasteiger partial charge in [0.2, 0.25) is 0 Å². The van der Waals surface area contributed by atoms with E-state index in [1.165, 1.54) is 0 Å². The van der Waals surface area contributed by atoms with Crippen LogP contribution in [0.4, 0.5) is 19.0 Å². The molecule has 4 atom stereocenters. The highest BCUT2D eigenvalue weighted by Crippen LogP contribution is 2.42. The lowest BCUT2D eigenvalue weighted by molar-refractivity contribution is -0.137. The second kappa shape index (κ2) is 8.87. The molecule has 2 aromatic rings. The number of alkyl halides is 3. The minimum Gasteiger partial charge on any atom is -0.381 e. The minimum atomic E-state index is -4.50. The monoisotopic (exact) mass is 460 g/mol. The van der Waals surface area contributed by atoms with E-state index in [0.29, 0.717) is 23.3 Å². The summed E-state index contributed by atoms with van der Waals surface area (Å²) in [6.07, 6.45) is -1.62. The Hall–Kier alpha value is -2.19. The van der Waals surface area contributed by atoms with Crippen molar-refractivity contribution in [2.24, 2.45) is 17.8 Å². The van der Waals surface area contributed by atoms with E-state index in [9.17, 15) is 13.2 Å². The number of fused-ring (bicyclic) bond motifs is 1. The molecule has 1 aromatic carbocycles. The number of hydrogen-bond acceptors (Lipinski definition) is 5. The van der Waals surface area contributed by atoms with Crippen molar-refractivity contribution >= 4 is 5.82 Å². The van der Waals surface area contributed by atoms with Gasteiger partial charge in [0.05, 0.1) is 12.3 Å². The molecule has 1 aromatic heterocycles. The van der Waals surface area contributed by atoms with Crippen LogP contribution in [0.1, 0.15) is 36.0 Å². The highest BCUT2D eigenvalue weighted by molar-refractivity contribution is 5.66. The molecule has 5 nitrogen and oxygen atoms in total. The summed E-state index contributed by atoms with van der Waals surface area (Å²) in [5, 5.41) is 11.3. The molecule has 2 aliphatic heterocycles. The molecule has 0 spiro atoms. The van der Waals surface area contributed by atoms with E-state index in [2.05, 4.69) is 20.4 Å². The summed E-state index contributed by atoms with van der Waals surface area (Å²) in [6.45, 7) is 8.64. The van der Waals surface area contributed by atoms with E-state index >= 15 is 0 Å². The first-order valence-corrected chi connectivity index (χ1v) is 11.9. The number of hydrogen-bond donors (Lipinski definition) is 1. The molecule has 0 unspecified atom stereocenters. The number of likely N-dealkylation sites (tertiary alicyclic amines) is 1. The van der Waals surface area contributed by atoms with Crippen LogP contribution in [0.15, 0.2) is 24.3 Å². The SMILES string of the molecule is Cc1ccc(C)c(-c2cc(C(F)(F)F)c(N[C@H]3C[C@@H]4CN(C[C@@H]5CCOC5)C[C@@H]4C3)nn2)c1. The largest absolute Gasteiger partial charge is 0.420 e. The maximum absolute atomic E-state index is 13.9. The summed E-state index contributed by atoms with van der Waals surface area (Å²) in [6, 6.07) is 6.82. The Morgan fingerprint density at radius 3 is 2.52 bits per heavy atom. The lowest BCUT2D eigenvalue weighted by Crippen LogP contribution is -2.30. The van der Waals surface area contributed by atoms with E-state index in [-0.39, 0.29) is 17.6 Å². The first kappa shape index (κ1) is 22.6. The summed E-state index contributed by atoms with van der Waals surface area (Å²) in [5.41, 5.74) is 2.04. The number of ether oxygens (including phenoxy) is 1. The highest BCUT2D eigenvalue weighted by Gasteiger charge is 2.43. The zero-order valence-corrected chi connectivity index (χ0v) is 19.2. The van der Waals surface area contributed by atoms with Gasteiger partial charge in [0, 0.05) is 37.8 Å². The number of rotatable bonds is 5. The molecule has 8 heteroatoms. The van der Waals surface area contributed by atoms with Crippen LogP contribution in [-0.2, 0) is 10.9 Å². The molecule has 0 radical (unpaired) electrons. The number of aromatic nitrogens is 2. The van der Waals surface area contributed by atoms with Crippen molar-refractivity contribution < 1.29 is 17.9 Å². The summed E-state index contributed by atoms with van der Waals surface area (Å²) in [7, 11) is 0. The summed E-state index contributed by atoms with van der Waals surface area (Å²) in [4.78, 5) is 2.52. The quantitative estimate of drug-likeness (QED) is 0.685. The average molecular weight is 461 g/mol. The van der Waals surface area contributed by atoms with Crippen LogP contribution in [-0.4, -0.2) is 54.0 Å². The molecule has 3 heterocycles. The van der Waals surface area contributed by atoms with Gasteiger partial charge in [-0.05, 0) is 68.6 Å². The molecule has 1 saturated carbocycles. The van der Waals surface area contributed by atoms with Gasteiger partial charge in [-0.15, -0.1) is 10.2 Å². The third kappa shape index (κ3) is 4.87. The topological polar surface area (TPSA) is 50.3 Å². The van der Waals surface area contributed by atoms with Crippen molar-refractivity contribution in [1.29, 1.82) is 0 Å². The molecule has 5 rings (SSSR count). The van der Waals surface area contributed by atoms with Gasteiger partial charge in [0.15, 0.2) is 5.82 Å². The molecule has 0 amide bonds. The van der Waals surface area contributed by atoms with Gasteiger partial charge in [0.25, 0.3) is 0 Å². The summed E-state index contributed by atoms with van der Waals surface area (Å²) in [5.74, 6) is 1.53. The Balaban J connectivity index is 1.29. The highest BCUT2D eigenvalue weighted by atomic mass is 19.4. The van der Waals surface area contributed by atoms with Crippen molar-refractivity contribution in [2.45, 2.75) is 45.3 Å². The van der Waals surface area contributed by atoms with Crippen LogP contribution in [0.5, 0.6) is 0 Å². The van der Waals surface area contributed by atoms with Gasteiger partial charge >= 0.3 is 6.18 Å². The van der Waals surface area contributed by atoms with E-state index in [4.69, 9.17) is 4.74 Å². The van der Waals surface area contributed by atoms with E-state index in [1.54, 1.807) is 0 Å². The lowest BCUT2D eigenvalue weighted by Gasteiger charge is -2.23. The van der Waals surface area contributed by atoms with Crippen LogP contribution >= 0.6 is 0 Å². The lowest BCUT2D eigenvalue weighted by atomic mass is 10.0. The van der Waals surface area contributed by atoms with Gasteiger partial charge in [-0.2, -0.15) is 13.2 Å². The van der Waals surface area contributed by atoms with Crippen molar-refractivity contribution in [1.82, 2.24) is 15.1 Å². The molecule has 3 fully saturated rings. The Kier molecular flexibility index (Phi) is 6.07. The number of nitrogens with zero attached hydrogens (tertiary/aromatic N) is 3. The number of anilines is 1. The van der Waals surface area contributed by atoms with Crippen LogP contribution in [0.25, 0.3) is 11.3 Å². The van der Waals surface area contributed by atoms with Crippen molar-refractivity contribution in [3.05, 3.63) is 41.0 Å². The Morgan fingerprint density at radius 2 is 1.85 bits per heavy atom. The first-order valence-electron chi connectivity index (χ1n) is 11.9. The van der Waals surface area contributed by atoms with Gasteiger partial charge in [0.1, 0.15) is 5.56 Å². The first-order chi connectivity index (χ1) is 15.8. The predicted octanol–water partition coefficient (Wildman–Crippen LogP) is 4.94. The van der Waals surface area contributed by atoms with Gasteiger partial charge in [-0.25, -0.2) is 0 Å². The minimum absolute atomic E-state index is 0.00100. The van der Waals surface area contributed by atoms with Crippen LogP contribution in [0.2, 0.25) is 0 Å². The maximum atomic E-state index is 13.9. The average Bonchev–Trinajstić information content (AvgIpc) is 3.47. The molecule has 178 valence electrons. The molecule has 0 bridgehead atoms. The van der Waals surface area contributed by atoms with Crippen LogP contribution in [0, 0.1) is 31.6 Å². The van der Waals surface area contributed by atoms with Crippen LogP contribution in [0.3, 0.4) is 0 Å². The fourth-order valence-electron chi connectivity index (χ4n) is 5.81. The zero-order valence-electron chi connectivity index (χ0n) is 19.2. The van der Waals surface area contributed by atoms with Crippen molar-refractivity contribution in [3.63, 3.8) is 0 Å². The molecule has 33 heavy (non-hydrogen) atoms. The van der Waals surface area contributed by atoms with Gasteiger partial charge in [-0.1, -0.05) is 17.7 Å². The van der Waals surface area contributed by atoms with E-state index in [0.717, 1.165) is 69.3 Å². The maximum Gasteiger partial charge on any atom is 0.420 e. The number of nitrogens with one attached hydrogen (secondary N) is 1. The van der Waals surface area contributed by atoms with Gasteiger partial charge in [-0.3, -0.25) is 0 Å². The fourth-order valence-corrected chi connectivity index (χ4v) is 5.81. The third-order valence-corrected chi connectivity index (χ3v) is 7.48. The smallest absolute Gasteiger partial charge is 0.381 e. The molecule has 1 N–H and O–H groups in total. The number of aryl methyl sites for hydroxylation is 2. The normalized spacial score (nSPS) is 27.8. The molecular formula is C25H31F3N4O. The van der Waals surface area contributed by atoms with E-state index < -0.39 is 11.7 Å². The predicted molar refractivity (Wildman–Crippen MR) is 121 cm³/mol. The zero-order chi connectivity index (χ0) is 23.2. The third-order valence-electron chi connectivity index (χ3n) is 7.48. The molecule has 1 aliphatic carbocycles. The molecule has 2 saturated heterocycles. The van der Waals surface area contributed by atoms with Crippen molar-refractivity contribution in [3.8, 4) is 11.3 Å². The number of benzene rings is 1. The standard InChI is InChI=1S/C25H31F3N4O/c1-15-3-4-16(2)21(7-15)23-10-22(25(26,27)28)24(31-30-23)29-20-8-18-12-32(13-19(18)9-20)11-17-5-6-33-14-17/h3-4,7,10,17-20H,5-6,8-9,11-14H2,1-2H3,(H,29,31)/t17-,18-,19+,20+/m0/s1. The Morgan fingerprint density at radius 1 is 1.09 bits per heavy atom.